The van der Waals surface area contributed by atoms with E-state index in [2.05, 4.69) is 0 Å². The minimum atomic E-state index is -1.15. The lowest BCUT2D eigenvalue weighted by molar-refractivity contribution is -0.165. The molecule has 0 saturated heterocycles. The monoisotopic (exact) mass is 162 g/mol. The van der Waals surface area contributed by atoms with Crippen LogP contribution in [-0.2, 0) is 9.53 Å². The summed E-state index contributed by atoms with van der Waals surface area (Å²) >= 11 is 0. The summed E-state index contributed by atoms with van der Waals surface area (Å²) < 4.78 is 4.94. The molecule has 0 rings (SSSR count). The third-order valence-corrected chi connectivity index (χ3v) is 1.64. The predicted octanol–water partition coefficient (Wildman–Crippen LogP) is 0.249. The van der Waals surface area contributed by atoms with Gasteiger partial charge in [0.1, 0.15) is 0 Å². The lowest BCUT2D eigenvalue weighted by Gasteiger charge is -2.22. The van der Waals surface area contributed by atoms with Gasteiger partial charge < -0.3 is 14.9 Å². The number of carboxylic acid groups (broad SMARTS) is 1. The van der Waals surface area contributed by atoms with Gasteiger partial charge in [0.15, 0.2) is 5.60 Å². The highest BCUT2D eigenvalue weighted by molar-refractivity contribution is 5.76. The molecule has 0 fully saturated rings. The van der Waals surface area contributed by atoms with E-state index in [-0.39, 0.29) is 13.2 Å². The van der Waals surface area contributed by atoms with E-state index in [1.807, 2.05) is 0 Å². The molecular weight excluding hydrogens is 148 g/mol. The van der Waals surface area contributed by atoms with E-state index < -0.39 is 11.6 Å². The molecule has 0 aromatic rings. The molecule has 0 radical (unpaired) electrons. The highest BCUT2D eigenvalue weighted by Crippen LogP contribution is 2.14. The fraction of sp³-hybridized carbons (Fsp3) is 0.857. The molecule has 0 bridgehead atoms. The Kier molecular flexibility index (Phi) is 4.07. The Morgan fingerprint density at radius 2 is 2.18 bits per heavy atom. The number of carboxylic acids is 1. The van der Waals surface area contributed by atoms with Gasteiger partial charge in [-0.15, -0.1) is 0 Å². The van der Waals surface area contributed by atoms with Crippen LogP contribution in [0.3, 0.4) is 0 Å². The van der Waals surface area contributed by atoms with Gasteiger partial charge in [0.25, 0.3) is 0 Å². The summed E-state index contributed by atoms with van der Waals surface area (Å²) in [5.74, 6) is -0.992. The minimum Gasteiger partial charge on any atom is -0.479 e. The minimum absolute atomic E-state index is 0.0661. The molecule has 0 spiro atoms. The van der Waals surface area contributed by atoms with Crippen molar-refractivity contribution in [3.63, 3.8) is 0 Å². The molecule has 0 amide bonds. The van der Waals surface area contributed by atoms with Gasteiger partial charge >= 0.3 is 5.97 Å². The van der Waals surface area contributed by atoms with Crippen molar-refractivity contribution in [3.05, 3.63) is 0 Å². The van der Waals surface area contributed by atoms with Crippen LogP contribution in [0.2, 0.25) is 0 Å². The van der Waals surface area contributed by atoms with Gasteiger partial charge in [-0.2, -0.15) is 0 Å². The first-order valence-corrected chi connectivity index (χ1v) is 3.55. The first-order valence-electron chi connectivity index (χ1n) is 3.55. The third kappa shape index (κ3) is 2.86. The maximum Gasteiger partial charge on any atom is 0.335 e. The zero-order valence-corrected chi connectivity index (χ0v) is 6.83. The maximum atomic E-state index is 10.6. The summed E-state index contributed by atoms with van der Waals surface area (Å²) in [6, 6.07) is 0. The highest BCUT2D eigenvalue weighted by Gasteiger charge is 2.31. The van der Waals surface area contributed by atoms with E-state index in [4.69, 9.17) is 14.9 Å². The lowest BCUT2D eigenvalue weighted by atomic mass is 10.0. The number of carbonyl (C=O) groups is 1. The molecule has 0 heterocycles. The largest absolute Gasteiger partial charge is 0.479 e. The van der Waals surface area contributed by atoms with Crippen LogP contribution in [0.25, 0.3) is 0 Å². The van der Waals surface area contributed by atoms with Crippen molar-refractivity contribution in [1.29, 1.82) is 0 Å². The van der Waals surface area contributed by atoms with Gasteiger partial charge in [-0.3, -0.25) is 0 Å². The number of aliphatic carboxylic acids is 1. The molecule has 0 saturated carbocycles. The van der Waals surface area contributed by atoms with Gasteiger partial charge in [-0.1, -0.05) is 6.92 Å². The molecule has 1 atom stereocenters. The van der Waals surface area contributed by atoms with Crippen molar-refractivity contribution in [2.45, 2.75) is 25.9 Å². The molecule has 1 unspecified atom stereocenters. The van der Waals surface area contributed by atoms with Crippen molar-refractivity contribution in [1.82, 2.24) is 0 Å². The first kappa shape index (κ1) is 10.4. The van der Waals surface area contributed by atoms with Crippen LogP contribution in [0.1, 0.15) is 20.3 Å². The number of aliphatic hydroxyl groups excluding tert-OH is 1. The molecule has 0 aromatic heterocycles. The summed E-state index contributed by atoms with van der Waals surface area (Å²) in [5, 5.41) is 17.0. The van der Waals surface area contributed by atoms with Crippen molar-refractivity contribution < 1.29 is 19.7 Å². The van der Waals surface area contributed by atoms with E-state index in [0.29, 0.717) is 6.42 Å². The quantitative estimate of drug-likeness (QED) is 0.608. The maximum absolute atomic E-state index is 10.6. The molecule has 0 aromatic carbocycles. The third-order valence-electron chi connectivity index (χ3n) is 1.64. The van der Waals surface area contributed by atoms with Gasteiger partial charge in [-0.25, -0.2) is 4.79 Å². The summed E-state index contributed by atoms with van der Waals surface area (Å²) in [4.78, 5) is 10.6. The lowest BCUT2D eigenvalue weighted by Crippen LogP contribution is -2.38. The molecule has 4 nitrogen and oxygen atoms in total. The van der Waals surface area contributed by atoms with Crippen molar-refractivity contribution >= 4 is 5.97 Å². The second kappa shape index (κ2) is 4.31. The van der Waals surface area contributed by atoms with Crippen LogP contribution in [0.5, 0.6) is 0 Å². The van der Waals surface area contributed by atoms with E-state index in [1.165, 1.54) is 6.92 Å². The van der Waals surface area contributed by atoms with E-state index in [1.54, 1.807) is 6.92 Å². The van der Waals surface area contributed by atoms with Gasteiger partial charge in [-0.05, 0) is 13.3 Å². The Hall–Kier alpha value is -0.610. The smallest absolute Gasteiger partial charge is 0.335 e. The first-order chi connectivity index (χ1) is 5.06. The fourth-order valence-corrected chi connectivity index (χ4v) is 0.586. The summed E-state index contributed by atoms with van der Waals surface area (Å²) in [5.41, 5.74) is -1.15. The zero-order valence-electron chi connectivity index (χ0n) is 6.83. The molecule has 2 N–H and O–H groups in total. The molecule has 11 heavy (non-hydrogen) atoms. The Labute approximate surface area is 65.8 Å². The molecule has 66 valence electrons. The average Bonchev–Trinajstić information content (AvgIpc) is 2.00. The number of hydrogen-bond donors (Lipinski definition) is 2. The fourth-order valence-electron chi connectivity index (χ4n) is 0.586. The molecular formula is C7H14O4. The van der Waals surface area contributed by atoms with Crippen LogP contribution in [0.15, 0.2) is 0 Å². The molecule has 0 aliphatic carbocycles. The van der Waals surface area contributed by atoms with E-state index >= 15 is 0 Å². The predicted molar refractivity (Wildman–Crippen MR) is 39.4 cm³/mol. The van der Waals surface area contributed by atoms with Crippen molar-refractivity contribution in [2.75, 3.05) is 13.2 Å². The van der Waals surface area contributed by atoms with Crippen molar-refractivity contribution in [3.8, 4) is 0 Å². The van der Waals surface area contributed by atoms with Crippen LogP contribution in [-0.4, -0.2) is 35.0 Å². The topological polar surface area (TPSA) is 66.8 Å². The van der Waals surface area contributed by atoms with Crippen molar-refractivity contribution in [2.24, 2.45) is 0 Å². The molecule has 0 aliphatic heterocycles. The Balaban J connectivity index is 3.99. The normalized spacial score (nSPS) is 15.9. The second-order valence-corrected chi connectivity index (χ2v) is 2.46. The highest BCUT2D eigenvalue weighted by atomic mass is 16.5. The van der Waals surface area contributed by atoms with Gasteiger partial charge in [0.05, 0.1) is 13.2 Å². The van der Waals surface area contributed by atoms with Crippen LogP contribution in [0.4, 0.5) is 0 Å². The number of aliphatic hydroxyl groups is 1. The summed E-state index contributed by atoms with van der Waals surface area (Å²) in [7, 11) is 0. The van der Waals surface area contributed by atoms with Crippen LogP contribution in [0, 0.1) is 0 Å². The molecule has 0 aliphatic rings. The Morgan fingerprint density at radius 3 is 2.45 bits per heavy atom. The van der Waals surface area contributed by atoms with Gasteiger partial charge in [0, 0.05) is 0 Å². The number of rotatable bonds is 5. The van der Waals surface area contributed by atoms with Crippen LogP contribution >= 0.6 is 0 Å². The Bertz CT molecular complexity index is 134. The van der Waals surface area contributed by atoms with E-state index in [9.17, 15) is 4.79 Å². The average molecular weight is 162 g/mol. The number of ether oxygens (including phenoxy) is 1. The summed E-state index contributed by atoms with van der Waals surface area (Å²) in [6.45, 7) is 3.13. The van der Waals surface area contributed by atoms with E-state index in [0.717, 1.165) is 0 Å². The standard InChI is InChI=1S/C7H14O4/c1-3-7(2,6(9)10)11-5-4-8/h8H,3-5H2,1-2H3,(H,9,10). The van der Waals surface area contributed by atoms with Gasteiger partial charge in [0.2, 0.25) is 0 Å². The van der Waals surface area contributed by atoms with Crippen LogP contribution < -0.4 is 0 Å². The second-order valence-electron chi connectivity index (χ2n) is 2.46. The molecule has 4 heteroatoms. The number of hydrogen-bond acceptors (Lipinski definition) is 3. The SMILES string of the molecule is CCC(C)(OCCO)C(=O)O. The Morgan fingerprint density at radius 1 is 1.64 bits per heavy atom. The summed E-state index contributed by atoms with van der Waals surface area (Å²) in [6.07, 6.45) is 0.391. The zero-order chi connectivity index (χ0) is 8.91.